The average Bonchev–Trinajstić information content (AvgIpc) is 2.94. The van der Waals surface area contributed by atoms with E-state index in [9.17, 15) is 9.18 Å². The van der Waals surface area contributed by atoms with E-state index in [4.69, 9.17) is 4.74 Å². The number of hydrogen-bond acceptors (Lipinski definition) is 6. The summed E-state index contributed by atoms with van der Waals surface area (Å²) >= 11 is 1.40. The van der Waals surface area contributed by atoms with Gasteiger partial charge >= 0.3 is 0 Å². The fourth-order valence-electron chi connectivity index (χ4n) is 2.44. The lowest BCUT2D eigenvalue weighted by Gasteiger charge is -2.16. The SMILES string of the molecule is Cc1nn2c(=O)cc(CN(C)CCCOc3ccc(F)cc3)nc2s1. The molecule has 1 aromatic carbocycles. The molecule has 0 bridgehead atoms. The lowest BCUT2D eigenvalue weighted by atomic mass is 10.3. The van der Waals surface area contributed by atoms with E-state index in [0.717, 1.165) is 23.7 Å². The Labute approximate surface area is 148 Å². The molecular weight excluding hydrogens is 343 g/mol. The zero-order valence-electron chi connectivity index (χ0n) is 14.1. The van der Waals surface area contributed by atoms with Gasteiger partial charge in [0.2, 0.25) is 4.96 Å². The van der Waals surface area contributed by atoms with Crippen LogP contribution in [-0.4, -0.2) is 39.7 Å². The highest BCUT2D eigenvalue weighted by atomic mass is 32.1. The van der Waals surface area contributed by atoms with Gasteiger partial charge in [0.15, 0.2) is 0 Å². The van der Waals surface area contributed by atoms with Crippen molar-refractivity contribution < 1.29 is 9.13 Å². The molecule has 0 saturated heterocycles. The Bertz CT molecular complexity index is 907. The number of nitrogens with zero attached hydrogens (tertiary/aromatic N) is 4. The number of fused-ring (bicyclic) bond motifs is 1. The molecule has 0 unspecified atom stereocenters. The van der Waals surface area contributed by atoms with Gasteiger partial charge in [-0.2, -0.15) is 9.61 Å². The number of ether oxygens (including phenoxy) is 1. The maximum atomic E-state index is 12.8. The first-order valence-corrected chi connectivity index (χ1v) is 8.76. The molecule has 0 aliphatic heterocycles. The molecule has 2 heterocycles. The molecule has 3 aromatic rings. The van der Waals surface area contributed by atoms with Crippen LogP contribution in [-0.2, 0) is 6.54 Å². The Hall–Kier alpha value is -2.32. The van der Waals surface area contributed by atoms with Crippen LogP contribution < -0.4 is 10.3 Å². The molecule has 0 aliphatic carbocycles. The zero-order chi connectivity index (χ0) is 17.8. The summed E-state index contributed by atoms with van der Waals surface area (Å²) in [6, 6.07) is 7.51. The van der Waals surface area contributed by atoms with Crippen LogP contribution in [0.25, 0.3) is 4.96 Å². The van der Waals surface area contributed by atoms with E-state index in [0.29, 0.717) is 23.9 Å². The maximum Gasteiger partial charge on any atom is 0.275 e. The second-order valence-electron chi connectivity index (χ2n) is 5.79. The van der Waals surface area contributed by atoms with E-state index in [-0.39, 0.29) is 11.4 Å². The molecule has 0 N–H and O–H groups in total. The second-order valence-corrected chi connectivity index (χ2v) is 6.95. The quantitative estimate of drug-likeness (QED) is 0.605. The molecule has 6 nitrogen and oxygen atoms in total. The third-order valence-electron chi connectivity index (χ3n) is 3.60. The van der Waals surface area contributed by atoms with Crippen LogP contribution >= 0.6 is 11.3 Å². The van der Waals surface area contributed by atoms with Crippen LogP contribution in [0.15, 0.2) is 35.1 Å². The maximum absolute atomic E-state index is 12.8. The van der Waals surface area contributed by atoms with Crippen molar-refractivity contribution in [2.45, 2.75) is 19.9 Å². The first-order chi connectivity index (χ1) is 12.0. The molecule has 0 amide bonds. The van der Waals surface area contributed by atoms with Crippen LogP contribution in [0.3, 0.4) is 0 Å². The number of halogens is 1. The van der Waals surface area contributed by atoms with E-state index < -0.39 is 0 Å². The number of aryl methyl sites for hydroxylation is 1. The van der Waals surface area contributed by atoms with Crippen LogP contribution in [0.1, 0.15) is 17.1 Å². The summed E-state index contributed by atoms with van der Waals surface area (Å²) in [5.41, 5.74) is 0.577. The molecule has 0 saturated carbocycles. The van der Waals surface area contributed by atoms with Gasteiger partial charge in [-0.1, -0.05) is 11.3 Å². The molecule has 0 spiro atoms. The zero-order valence-corrected chi connectivity index (χ0v) is 14.9. The van der Waals surface area contributed by atoms with Gasteiger partial charge in [0.05, 0.1) is 12.3 Å². The van der Waals surface area contributed by atoms with Gasteiger partial charge in [0.1, 0.15) is 16.6 Å². The molecule has 0 aliphatic rings. The van der Waals surface area contributed by atoms with Crippen LogP contribution in [0, 0.1) is 12.7 Å². The Morgan fingerprint density at radius 2 is 2.08 bits per heavy atom. The summed E-state index contributed by atoms with van der Waals surface area (Å²) in [6.45, 7) is 3.77. The smallest absolute Gasteiger partial charge is 0.275 e. The molecule has 0 radical (unpaired) electrons. The Balaban J connectivity index is 1.49. The molecular formula is C17H19FN4O2S. The third-order valence-corrected chi connectivity index (χ3v) is 4.42. The normalized spacial score (nSPS) is 11.4. The summed E-state index contributed by atoms with van der Waals surface area (Å²) < 4.78 is 19.7. The van der Waals surface area contributed by atoms with E-state index >= 15 is 0 Å². The van der Waals surface area contributed by atoms with Gasteiger partial charge < -0.3 is 9.64 Å². The molecule has 8 heteroatoms. The van der Waals surface area contributed by atoms with Crippen molar-refractivity contribution in [3.8, 4) is 5.75 Å². The van der Waals surface area contributed by atoms with Gasteiger partial charge in [0.25, 0.3) is 5.56 Å². The summed E-state index contributed by atoms with van der Waals surface area (Å²) in [7, 11) is 1.97. The summed E-state index contributed by atoms with van der Waals surface area (Å²) in [5, 5.41) is 4.95. The van der Waals surface area contributed by atoms with E-state index in [1.54, 1.807) is 12.1 Å². The number of hydrogen-bond donors (Lipinski definition) is 0. The fraction of sp³-hybridized carbons (Fsp3) is 0.353. The Morgan fingerprint density at radius 3 is 2.84 bits per heavy atom. The molecule has 0 fully saturated rings. The average molecular weight is 362 g/mol. The number of benzene rings is 1. The lowest BCUT2D eigenvalue weighted by Crippen LogP contribution is -2.23. The predicted octanol–water partition coefficient (Wildman–Crippen LogP) is 2.50. The standard InChI is InChI=1S/C17H19FN4O2S/c1-12-20-22-16(23)10-14(19-17(22)25-12)11-21(2)8-3-9-24-15-6-4-13(18)5-7-15/h4-7,10H,3,8-9,11H2,1-2H3. The minimum Gasteiger partial charge on any atom is -0.494 e. The molecule has 132 valence electrons. The van der Waals surface area contributed by atoms with Crippen molar-refractivity contribution in [1.29, 1.82) is 0 Å². The van der Waals surface area contributed by atoms with Gasteiger partial charge in [-0.15, -0.1) is 0 Å². The first kappa shape index (κ1) is 17.5. The Kier molecular flexibility index (Phi) is 5.40. The van der Waals surface area contributed by atoms with E-state index in [1.165, 1.54) is 34.1 Å². The predicted molar refractivity (Wildman–Crippen MR) is 94.7 cm³/mol. The number of aromatic nitrogens is 3. The highest BCUT2D eigenvalue weighted by molar-refractivity contribution is 7.16. The summed E-state index contributed by atoms with van der Waals surface area (Å²) in [6.07, 6.45) is 0.814. The molecule has 2 aromatic heterocycles. The minimum absolute atomic E-state index is 0.155. The van der Waals surface area contributed by atoms with Crippen molar-refractivity contribution in [1.82, 2.24) is 19.5 Å². The second kappa shape index (κ2) is 7.71. The van der Waals surface area contributed by atoms with E-state index in [1.807, 2.05) is 14.0 Å². The Morgan fingerprint density at radius 1 is 1.32 bits per heavy atom. The van der Waals surface area contributed by atoms with Crippen LogP contribution in [0.2, 0.25) is 0 Å². The third kappa shape index (κ3) is 4.61. The van der Waals surface area contributed by atoms with Crippen molar-refractivity contribution >= 4 is 16.3 Å². The topological polar surface area (TPSA) is 59.7 Å². The summed E-state index contributed by atoms with van der Waals surface area (Å²) in [4.78, 5) is 19.2. The first-order valence-electron chi connectivity index (χ1n) is 7.94. The minimum atomic E-state index is -0.274. The molecule has 3 rings (SSSR count). The van der Waals surface area contributed by atoms with Gasteiger partial charge in [-0.05, 0) is 44.7 Å². The van der Waals surface area contributed by atoms with Crippen molar-refractivity contribution in [3.63, 3.8) is 0 Å². The molecule has 25 heavy (non-hydrogen) atoms. The lowest BCUT2D eigenvalue weighted by molar-refractivity contribution is 0.257. The highest BCUT2D eigenvalue weighted by Crippen LogP contribution is 2.12. The van der Waals surface area contributed by atoms with Gasteiger partial charge in [-0.3, -0.25) is 4.79 Å². The van der Waals surface area contributed by atoms with Crippen LogP contribution in [0.4, 0.5) is 4.39 Å². The highest BCUT2D eigenvalue weighted by Gasteiger charge is 2.08. The summed E-state index contributed by atoms with van der Waals surface area (Å²) in [5.74, 6) is 0.383. The van der Waals surface area contributed by atoms with Crippen molar-refractivity contribution in [2.75, 3.05) is 20.2 Å². The van der Waals surface area contributed by atoms with E-state index in [2.05, 4.69) is 15.0 Å². The van der Waals surface area contributed by atoms with Crippen LogP contribution in [0.5, 0.6) is 5.75 Å². The monoisotopic (exact) mass is 362 g/mol. The number of rotatable bonds is 7. The van der Waals surface area contributed by atoms with Gasteiger partial charge in [-0.25, -0.2) is 9.37 Å². The largest absolute Gasteiger partial charge is 0.494 e. The fourth-order valence-corrected chi connectivity index (χ4v) is 3.21. The van der Waals surface area contributed by atoms with Gasteiger partial charge in [0, 0.05) is 19.2 Å². The van der Waals surface area contributed by atoms with Crippen molar-refractivity contribution in [3.05, 3.63) is 57.2 Å². The van der Waals surface area contributed by atoms with Crippen molar-refractivity contribution in [2.24, 2.45) is 0 Å². The molecule has 0 atom stereocenters.